The molecule has 7 nitrogen and oxygen atoms in total. The number of nitrogen functional groups attached to an aromatic ring is 1. The molecule has 0 aliphatic rings. The van der Waals surface area contributed by atoms with Crippen molar-refractivity contribution in [1.82, 2.24) is 5.32 Å². The Morgan fingerprint density at radius 3 is 2.27 bits per heavy atom. The third-order valence-electron chi connectivity index (χ3n) is 3.41. The summed E-state index contributed by atoms with van der Waals surface area (Å²) in [6.07, 6.45) is 3.26. The molecule has 0 saturated heterocycles. The van der Waals surface area contributed by atoms with Crippen molar-refractivity contribution in [2.75, 3.05) is 13.7 Å². The largest absolute Gasteiger partial charge is 0.482 e. The average molecular weight is 353 g/mol. The lowest BCUT2D eigenvalue weighted by Crippen LogP contribution is -2.17. The zero-order valence-electron chi connectivity index (χ0n) is 14.2. The van der Waals surface area contributed by atoms with Gasteiger partial charge in [-0.3, -0.25) is 10.2 Å². The summed E-state index contributed by atoms with van der Waals surface area (Å²) in [4.78, 5) is 23.0. The molecule has 0 heterocycles. The molecule has 2 aromatic carbocycles. The van der Waals surface area contributed by atoms with Gasteiger partial charge in [0.2, 0.25) is 0 Å². The van der Waals surface area contributed by atoms with Crippen LogP contribution in [-0.4, -0.2) is 31.4 Å². The summed E-state index contributed by atoms with van der Waals surface area (Å²) in [5.41, 5.74) is 7.25. The summed E-state index contributed by atoms with van der Waals surface area (Å²) in [6, 6.07) is 13.5. The summed E-state index contributed by atoms with van der Waals surface area (Å²) in [7, 11) is 1.30. The van der Waals surface area contributed by atoms with E-state index in [1.807, 2.05) is 0 Å². The molecule has 26 heavy (non-hydrogen) atoms. The zero-order chi connectivity index (χ0) is 18.9. The maximum absolute atomic E-state index is 12.0. The van der Waals surface area contributed by atoms with Gasteiger partial charge in [0.05, 0.1) is 7.11 Å². The summed E-state index contributed by atoms with van der Waals surface area (Å²) < 4.78 is 9.74. The van der Waals surface area contributed by atoms with Gasteiger partial charge in [0.25, 0.3) is 5.91 Å². The number of benzene rings is 2. The van der Waals surface area contributed by atoms with E-state index >= 15 is 0 Å². The summed E-state index contributed by atoms with van der Waals surface area (Å²) in [6.45, 7) is -0.149. The highest BCUT2D eigenvalue weighted by Crippen LogP contribution is 2.13. The SMILES string of the molecule is COC(=O)COc1ccc(/C=C/NC(=O)c2ccc(C(=N)N)cc2)cc1. The number of carbonyl (C=O) groups is 2. The Morgan fingerprint density at radius 2 is 1.69 bits per heavy atom. The molecular formula is C19H19N3O4. The average Bonchev–Trinajstić information content (AvgIpc) is 2.67. The predicted octanol–water partition coefficient (Wildman–Crippen LogP) is 1.92. The molecule has 4 N–H and O–H groups in total. The number of methoxy groups -OCH3 is 1. The highest BCUT2D eigenvalue weighted by atomic mass is 16.6. The molecular weight excluding hydrogens is 334 g/mol. The van der Waals surface area contributed by atoms with E-state index < -0.39 is 5.97 Å². The van der Waals surface area contributed by atoms with Crippen molar-refractivity contribution in [3.63, 3.8) is 0 Å². The lowest BCUT2D eigenvalue weighted by Gasteiger charge is -2.05. The van der Waals surface area contributed by atoms with Crippen molar-refractivity contribution in [3.05, 3.63) is 71.4 Å². The van der Waals surface area contributed by atoms with E-state index in [4.69, 9.17) is 15.9 Å². The lowest BCUT2D eigenvalue weighted by molar-refractivity contribution is -0.142. The first-order valence-corrected chi connectivity index (χ1v) is 7.71. The molecule has 0 unspecified atom stereocenters. The molecule has 0 radical (unpaired) electrons. The number of hydrogen-bond donors (Lipinski definition) is 3. The van der Waals surface area contributed by atoms with Gasteiger partial charge in [-0.2, -0.15) is 0 Å². The Hall–Kier alpha value is -3.61. The third-order valence-corrected chi connectivity index (χ3v) is 3.41. The number of ether oxygens (including phenoxy) is 2. The second-order valence-corrected chi connectivity index (χ2v) is 5.23. The molecule has 7 heteroatoms. The lowest BCUT2D eigenvalue weighted by atomic mass is 10.1. The minimum absolute atomic E-state index is 0.0455. The fraction of sp³-hybridized carbons (Fsp3) is 0.105. The fourth-order valence-corrected chi connectivity index (χ4v) is 1.97. The van der Waals surface area contributed by atoms with Gasteiger partial charge in [0, 0.05) is 17.3 Å². The number of esters is 1. The van der Waals surface area contributed by atoms with E-state index in [0.29, 0.717) is 16.9 Å². The van der Waals surface area contributed by atoms with E-state index in [2.05, 4.69) is 10.1 Å². The molecule has 1 amide bonds. The van der Waals surface area contributed by atoms with E-state index in [0.717, 1.165) is 5.56 Å². The van der Waals surface area contributed by atoms with Gasteiger partial charge < -0.3 is 20.5 Å². The number of rotatable bonds is 7. The van der Waals surface area contributed by atoms with Crippen LogP contribution in [0.4, 0.5) is 0 Å². The van der Waals surface area contributed by atoms with Crippen LogP contribution in [0.5, 0.6) is 5.75 Å². The van der Waals surface area contributed by atoms with E-state index in [9.17, 15) is 9.59 Å². The van der Waals surface area contributed by atoms with Gasteiger partial charge in [0.1, 0.15) is 11.6 Å². The van der Waals surface area contributed by atoms with Gasteiger partial charge in [-0.25, -0.2) is 4.79 Å². The maximum atomic E-state index is 12.0. The Kier molecular flexibility index (Phi) is 6.50. The summed E-state index contributed by atoms with van der Waals surface area (Å²) in [5, 5.41) is 9.99. The first-order valence-electron chi connectivity index (χ1n) is 7.71. The van der Waals surface area contributed by atoms with Crippen molar-refractivity contribution >= 4 is 23.8 Å². The quantitative estimate of drug-likeness (QED) is 0.400. The molecule has 2 aromatic rings. The van der Waals surface area contributed by atoms with Crippen LogP contribution in [0.2, 0.25) is 0 Å². The Labute approximate surface area is 150 Å². The summed E-state index contributed by atoms with van der Waals surface area (Å²) >= 11 is 0. The molecule has 0 atom stereocenters. The maximum Gasteiger partial charge on any atom is 0.343 e. The number of carbonyl (C=O) groups excluding carboxylic acids is 2. The van der Waals surface area contributed by atoms with Gasteiger partial charge in [-0.05, 0) is 35.9 Å². The molecule has 0 saturated carbocycles. The van der Waals surface area contributed by atoms with Crippen molar-refractivity contribution < 1.29 is 19.1 Å². The van der Waals surface area contributed by atoms with Crippen molar-refractivity contribution in [3.8, 4) is 5.75 Å². The number of nitrogens with one attached hydrogen (secondary N) is 2. The van der Waals surface area contributed by atoms with Crippen molar-refractivity contribution in [2.24, 2.45) is 5.73 Å². The number of hydrogen-bond acceptors (Lipinski definition) is 5. The molecule has 134 valence electrons. The van der Waals surface area contributed by atoms with Crippen LogP contribution < -0.4 is 15.8 Å². The van der Waals surface area contributed by atoms with Crippen LogP contribution in [0.15, 0.2) is 54.7 Å². The summed E-state index contributed by atoms with van der Waals surface area (Å²) in [5.74, 6) is -0.222. The number of amides is 1. The van der Waals surface area contributed by atoms with Gasteiger partial charge >= 0.3 is 5.97 Å². The fourth-order valence-electron chi connectivity index (χ4n) is 1.97. The second kappa shape index (κ2) is 9.03. The van der Waals surface area contributed by atoms with Gasteiger partial charge in [-0.15, -0.1) is 0 Å². The van der Waals surface area contributed by atoms with Crippen LogP contribution in [0, 0.1) is 5.41 Å². The Balaban J connectivity index is 1.88. The highest BCUT2D eigenvalue weighted by Gasteiger charge is 2.04. The molecule has 0 aliphatic heterocycles. The first kappa shape index (κ1) is 18.7. The van der Waals surface area contributed by atoms with Crippen LogP contribution in [0.1, 0.15) is 21.5 Å². The zero-order valence-corrected chi connectivity index (χ0v) is 14.2. The van der Waals surface area contributed by atoms with Gasteiger partial charge in [-0.1, -0.05) is 24.3 Å². The smallest absolute Gasteiger partial charge is 0.343 e. The standard InChI is InChI=1S/C19H19N3O4/c1-25-17(23)12-26-16-8-2-13(3-9-16)10-11-22-19(24)15-6-4-14(5-7-15)18(20)21/h2-11H,12H2,1H3,(H3,20,21)(H,22,24)/b11-10+. The van der Waals surface area contributed by atoms with Gasteiger partial charge in [0.15, 0.2) is 6.61 Å². The topological polar surface area (TPSA) is 114 Å². The molecule has 0 fully saturated rings. The molecule has 0 aliphatic carbocycles. The molecule has 0 spiro atoms. The normalized spacial score (nSPS) is 10.3. The van der Waals surface area contributed by atoms with Crippen LogP contribution in [0.3, 0.4) is 0 Å². The van der Waals surface area contributed by atoms with Crippen molar-refractivity contribution in [2.45, 2.75) is 0 Å². The minimum Gasteiger partial charge on any atom is -0.482 e. The second-order valence-electron chi connectivity index (χ2n) is 5.23. The van der Waals surface area contributed by atoms with Crippen LogP contribution >= 0.6 is 0 Å². The van der Waals surface area contributed by atoms with Crippen LogP contribution in [0.25, 0.3) is 6.08 Å². The Bertz CT molecular complexity index is 812. The van der Waals surface area contributed by atoms with E-state index in [-0.39, 0.29) is 18.3 Å². The predicted molar refractivity (Wildman–Crippen MR) is 97.9 cm³/mol. The van der Waals surface area contributed by atoms with Crippen LogP contribution in [-0.2, 0) is 9.53 Å². The van der Waals surface area contributed by atoms with Crippen molar-refractivity contribution in [1.29, 1.82) is 5.41 Å². The molecule has 0 bridgehead atoms. The van der Waals surface area contributed by atoms with E-state index in [1.165, 1.54) is 13.3 Å². The minimum atomic E-state index is -0.451. The highest BCUT2D eigenvalue weighted by molar-refractivity contribution is 5.98. The number of amidine groups is 1. The molecule has 0 aromatic heterocycles. The third kappa shape index (κ3) is 5.48. The Morgan fingerprint density at radius 1 is 1.08 bits per heavy atom. The van der Waals surface area contributed by atoms with E-state index in [1.54, 1.807) is 54.6 Å². The first-order chi connectivity index (χ1) is 12.5. The molecule has 2 rings (SSSR count). The number of nitrogens with two attached hydrogens (primary N) is 1. The monoisotopic (exact) mass is 353 g/mol.